The lowest BCUT2D eigenvalue weighted by Gasteiger charge is -2.43. The molecule has 10 nitrogen and oxygen atoms in total. The number of anilines is 2. The summed E-state index contributed by atoms with van der Waals surface area (Å²) in [7, 11) is -3.89. The van der Waals surface area contributed by atoms with Crippen LogP contribution in [0, 0.1) is 19.8 Å². The second kappa shape index (κ2) is 11.1. The van der Waals surface area contributed by atoms with E-state index in [2.05, 4.69) is 24.9 Å². The maximum absolute atomic E-state index is 12.7. The number of thiocarbonyl (C=S) groups is 1. The fourth-order valence-corrected chi connectivity index (χ4v) is 7.06. The van der Waals surface area contributed by atoms with E-state index in [4.69, 9.17) is 12.2 Å². The van der Waals surface area contributed by atoms with Crippen molar-refractivity contribution in [3.05, 3.63) is 76.0 Å². The molecule has 0 spiro atoms. The Hall–Kier alpha value is -3.29. The van der Waals surface area contributed by atoms with Crippen LogP contribution in [-0.4, -0.2) is 56.9 Å². The number of benzene rings is 1. The van der Waals surface area contributed by atoms with Crippen LogP contribution in [0.5, 0.6) is 0 Å². The number of nitrogens with one attached hydrogen (secondary N) is 2. The number of fused-ring (bicyclic) bond motifs is 4. The van der Waals surface area contributed by atoms with Crippen molar-refractivity contribution < 1.29 is 13.2 Å². The molecule has 2 unspecified atom stereocenters. The Morgan fingerprint density at radius 3 is 2.51 bits per heavy atom. The lowest BCUT2D eigenvalue weighted by Crippen LogP contribution is -2.48. The number of carbonyl (C=O) groups excluding carboxylic acids is 1. The average molecular weight is 585 g/mol. The van der Waals surface area contributed by atoms with Crippen molar-refractivity contribution in [2.45, 2.75) is 37.6 Å². The molecule has 3 aromatic rings. The number of thioether (sulfide) groups is 1. The Morgan fingerprint density at radius 2 is 1.79 bits per heavy atom. The Bertz CT molecular complexity index is 1570. The van der Waals surface area contributed by atoms with Crippen LogP contribution in [0.4, 0.5) is 11.6 Å². The van der Waals surface area contributed by atoms with Gasteiger partial charge in [0.15, 0.2) is 0 Å². The molecule has 2 bridgehead atoms. The zero-order chi connectivity index (χ0) is 27.7. The quantitative estimate of drug-likeness (QED) is 0.420. The highest BCUT2D eigenvalue weighted by molar-refractivity contribution is 8.23. The number of likely N-dealkylation sites (tertiary alicyclic amines) is 1. The van der Waals surface area contributed by atoms with E-state index < -0.39 is 10.0 Å². The largest absolute Gasteiger partial charge is 0.356 e. The number of hydrogen-bond acceptors (Lipinski definition) is 8. The monoisotopic (exact) mass is 584 g/mol. The van der Waals surface area contributed by atoms with Crippen molar-refractivity contribution in [3.8, 4) is 0 Å². The van der Waals surface area contributed by atoms with Gasteiger partial charge in [0.1, 0.15) is 4.32 Å². The molecule has 0 aliphatic carbocycles. The molecular formula is C26H28N6O4S3. The number of sulfonamides is 1. The van der Waals surface area contributed by atoms with Gasteiger partial charge in [0, 0.05) is 54.4 Å². The predicted octanol–water partition coefficient (Wildman–Crippen LogP) is 3.13. The van der Waals surface area contributed by atoms with Crippen LogP contribution in [0.2, 0.25) is 0 Å². The van der Waals surface area contributed by atoms with Crippen LogP contribution in [0.15, 0.2) is 58.2 Å². The highest BCUT2D eigenvalue weighted by Crippen LogP contribution is 2.36. The number of rotatable bonds is 6. The van der Waals surface area contributed by atoms with Crippen LogP contribution in [0.1, 0.15) is 29.4 Å². The summed E-state index contributed by atoms with van der Waals surface area (Å²) in [5.41, 5.74) is 2.88. The van der Waals surface area contributed by atoms with E-state index in [0.717, 1.165) is 25.2 Å². The summed E-state index contributed by atoms with van der Waals surface area (Å²) in [5, 5.41) is 2.79. The summed E-state index contributed by atoms with van der Waals surface area (Å²) < 4.78 is 30.4. The van der Waals surface area contributed by atoms with Gasteiger partial charge in [-0.05, 0) is 62.6 Å². The molecule has 1 aromatic carbocycles. The van der Waals surface area contributed by atoms with Crippen LogP contribution < -0.4 is 15.6 Å². The molecule has 5 rings (SSSR count). The van der Waals surface area contributed by atoms with Crippen molar-refractivity contribution in [2.24, 2.45) is 5.92 Å². The molecule has 2 aromatic heterocycles. The smallest absolute Gasteiger partial charge is 0.264 e. The Labute approximate surface area is 236 Å². The van der Waals surface area contributed by atoms with E-state index in [9.17, 15) is 18.0 Å². The summed E-state index contributed by atoms with van der Waals surface area (Å²) >= 11 is 6.94. The molecule has 2 N–H and O–H groups in total. The SMILES string of the molecule is Cc1cc(C)nc(NS(=O)(=O)c2ccc(NC(=O)CSC(=S)N3CC4CC(C3)c3cccc(=O)n3C4)cc2)n1. The first kappa shape index (κ1) is 27.3. The zero-order valence-corrected chi connectivity index (χ0v) is 23.9. The van der Waals surface area contributed by atoms with Gasteiger partial charge in [-0.25, -0.2) is 23.1 Å². The first-order chi connectivity index (χ1) is 18.6. The predicted molar refractivity (Wildman–Crippen MR) is 156 cm³/mol. The minimum Gasteiger partial charge on any atom is -0.356 e. The van der Waals surface area contributed by atoms with Gasteiger partial charge in [-0.2, -0.15) is 0 Å². The van der Waals surface area contributed by atoms with Gasteiger partial charge in [0.2, 0.25) is 11.9 Å². The van der Waals surface area contributed by atoms with Gasteiger partial charge in [-0.3, -0.25) is 9.59 Å². The molecule has 0 saturated carbocycles. The molecule has 1 saturated heterocycles. The van der Waals surface area contributed by atoms with E-state index in [1.54, 1.807) is 26.0 Å². The summed E-state index contributed by atoms with van der Waals surface area (Å²) in [6.07, 6.45) is 1.03. The molecule has 1 fully saturated rings. The topological polar surface area (TPSA) is 126 Å². The van der Waals surface area contributed by atoms with Gasteiger partial charge in [-0.15, -0.1) is 0 Å². The maximum atomic E-state index is 12.7. The van der Waals surface area contributed by atoms with Gasteiger partial charge in [0.25, 0.3) is 15.6 Å². The molecular weight excluding hydrogens is 557 g/mol. The molecule has 2 atom stereocenters. The van der Waals surface area contributed by atoms with Crippen LogP contribution in [0.3, 0.4) is 0 Å². The first-order valence-corrected chi connectivity index (χ1v) is 15.3. The van der Waals surface area contributed by atoms with Crippen LogP contribution in [-0.2, 0) is 21.4 Å². The molecule has 1 amide bonds. The highest BCUT2D eigenvalue weighted by Gasteiger charge is 2.35. The molecule has 39 heavy (non-hydrogen) atoms. The van der Waals surface area contributed by atoms with E-state index in [1.807, 2.05) is 16.7 Å². The molecule has 2 aliphatic rings. The number of hydrogen-bond donors (Lipinski definition) is 2. The number of piperidine rings is 1. The maximum Gasteiger partial charge on any atom is 0.264 e. The number of nitrogens with zero attached hydrogens (tertiary/aromatic N) is 4. The zero-order valence-electron chi connectivity index (χ0n) is 21.5. The fraction of sp³-hybridized carbons (Fsp3) is 0.346. The lowest BCUT2D eigenvalue weighted by molar-refractivity contribution is -0.113. The third-order valence-electron chi connectivity index (χ3n) is 6.72. The van der Waals surface area contributed by atoms with Crippen molar-refractivity contribution >= 4 is 55.9 Å². The first-order valence-electron chi connectivity index (χ1n) is 12.4. The normalized spacial score (nSPS) is 18.3. The summed E-state index contributed by atoms with van der Waals surface area (Å²) in [4.78, 5) is 35.2. The van der Waals surface area contributed by atoms with Crippen molar-refractivity contribution in [2.75, 3.05) is 28.9 Å². The number of pyridine rings is 1. The fourth-order valence-electron chi connectivity index (χ4n) is 5.13. The van der Waals surface area contributed by atoms with Gasteiger partial charge in [0.05, 0.1) is 10.6 Å². The minimum atomic E-state index is -3.89. The van der Waals surface area contributed by atoms with Crippen molar-refractivity contribution in [3.63, 3.8) is 0 Å². The van der Waals surface area contributed by atoms with E-state index >= 15 is 0 Å². The molecule has 204 valence electrons. The number of aryl methyl sites for hydroxylation is 2. The third-order valence-corrected chi connectivity index (χ3v) is 9.59. The lowest BCUT2D eigenvalue weighted by atomic mass is 9.83. The average Bonchev–Trinajstić information content (AvgIpc) is 2.87. The number of carbonyl (C=O) groups is 1. The molecule has 2 aliphatic heterocycles. The molecule has 4 heterocycles. The van der Waals surface area contributed by atoms with Gasteiger partial charge >= 0.3 is 0 Å². The number of amides is 1. The number of aromatic nitrogens is 3. The Kier molecular flexibility index (Phi) is 7.74. The van der Waals surface area contributed by atoms with E-state index in [1.165, 1.54) is 36.0 Å². The van der Waals surface area contributed by atoms with E-state index in [0.29, 0.717) is 33.9 Å². The standard InChI is InChI=1S/C26H28N6O4S3/c1-16-10-17(2)28-25(27-16)30-39(35,36)21-8-6-20(7-9-21)29-23(33)15-38-26(37)31-12-18-11-19(14-31)22-4-3-5-24(34)32(22)13-18/h3-10,18-19H,11-15H2,1-2H3,(H,29,33)(H,27,28,30). The highest BCUT2D eigenvalue weighted by atomic mass is 32.2. The van der Waals surface area contributed by atoms with Crippen molar-refractivity contribution in [1.29, 1.82) is 0 Å². The van der Waals surface area contributed by atoms with Gasteiger partial charge in [-0.1, -0.05) is 30.0 Å². The second-order valence-electron chi connectivity index (χ2n) is 9.81. The van der Waals surface area contributed by atoms with Crippen LogP contribution >= 0.6 is 24.0 Å². The van der Waals surface area contributed by atoms with Gasteiger partial charge < -0.3 is 14.8 Å². The van der Waals surface area contributed by atoms with Crippen LogP contribution in [0.25, 0.3) is 0 Å². The Balaban J connectivity index is 1.14. The molecule has 0 radical (unpaired) electrons. The second-order valence-corrected chi connectivity index (χ2v) is 13.1. The minimum absolute atomic E-state index is 0.00771. The molecule has 13 heteroatoms. The van der Waals surface area contributed by atoms with Crippen molar-refractivity contribution in [1.82, 2.24) is 19.4 Å². The third kappa shape index (κ3) is 6.31. The summed E-state index contributed by atoms with van der Waals surface area (Å²) in [5.74, 6) is 0.480. The summed E-state index contributed by atoms with van der Waals surface area (Å²) in [6.45, 7) is 5.70. The van der Waals surface area contributed by atoms with E-state index in [-0.39, 0.29) is 34.0 Å². The Morgan fingerprint density at radius 1 is 1.08 bits per heavy atom. The summed E-state index contributed by atoms with van der Waals surface area (Å²) in [6, 6.07) is 13.1.